The van der Waals surface area contributed by atoms with Gasteiger partial charge in [-0.3, -0.25) is 4.79 Å². The van der Waals surface area contributed by atoms with E-state index in [-0.39, 0.29) is 5.95 Å². The molecule has 0 unspecified atom stereocenters. The smallest absolute Gasteiger partial charge is 0.313 e. The van der Waals surface area contributed by atoms with Gasteiger partial charge in [0.05, 0.1) is 0 Å². The van der Waals surface area contributed by atoms with Crippen molar-refractivity contribution in [2.75, 3.05) is 0 Å². The molecule has 0 aliphatic carbocycles. The number of rotatable bonds is 4. The van der Waals surface area contributed by atoms with Crippen LogP contribution in [0.1, 0.15) is 0 Å². The summed E-state index contributed by atoms with van der Waals surface area (Å²) in [5.41, 5.74) is 3.09. The maximum absolute atomic E-state index is 10.2. The van der Waals surface area contributed by atoms with Crippen molar-refractivity contribution in [3.05, 3.63) is 60.8 Å². The van der Waals surface area contributed by atoms with Gasteiger partial charge in [0.2, 0.25) is 5.89 Å². The summed E-state index contributed by atoms with van der Waals surface area (Å²) >= 11 is 0. The predicted octanol–water partition coefficient (Wildman–Crippen LogP) is 3.54. The SMILES string of the molecule is O=COc1cnc(-c2ccc(-c3ccccc3)cc2)o1. The van der Waals surface area contributed by atoms with E-state index in [4.69, 9.17) is 4.42 Å². The van der Waals surface area contributed by atoms with E-state index in [2.05, 4.69) is 21.9 Å². The number of hydrogen-bond acceptors (Lipinski definition) is 4. The first-order valence-electron chi connectivity index (χ1n) is 6.09. The Morgan fingerprint density at radius 2 is 1.55 bits per heavy atom. The molecule has 0 fully saturated rings. The normalized spacial score (nSPS) is 10.2. The van der Waals surface area contributed by atoms with Crippen molar-refractivity contribution >= 4 is 6.47 Å². The zero-order valence-corrected chi connectivity index (χ0v) is 10.5. The number of nitrogens with zero attached hydrogens (tertiary/aromatic N) is 1. The first kappa shape index (κ1) is 12.2. The van der Waals surface area contributed by atoms with E-state index in [0.717, 1.165) is 16.7 Å². The summed E-state index contributed by atoms with van der Waals surface area (Å²) in [5.74, 6) is 0.503. The van der Waals surface area contributed by atoms with E-state index < -0.39 is 0 Å². The fourth-order valence-electron chi connectivity index (χ4n) is 1.93. The van der Waals surface area contributed by atoms with Crippen molar-refractivity contribution in [1.82, 2.24) is 4.98 Å². The summed E-state index contributed by atoms with van der Waals surface area (Å²) in [6.45, 7) is 0.308. The van der Waals surface area contributed by atoms with Gasteiger partial charge >= 0.3 is 12.4 Å². The van der Waals surface area contributed by atoms with Crippen LogP contribution in [-0.2, 0) is 4.79 Å². The molecular formula is C16H11NO3. The van der Waals surface area contributed by atoms with E-state index in [1.807, 2.05) is 42.5 Å². The van der Waals surface area contributed by atoms with E-state index in [1.165, 1.54) is 6.20 Å². The molecule has 3 rings (SSSR count). The maximum atomic E-state index is 10.2. The standard InChI is InChI=1S/C16H11NO3/c18-11-19-15-10-17-16(20-15)14-8-6-13(7-9-14)12-4-2-1-3-5-12/h1-11H. The van der Waals surface area contributed by atoms with Crippen molar-refractivity contribution in [2.24, 2.45) is 0 Å². The average molecular weight is 265 g/mol. The molecule has 0 aliphatic rings. The van der Waals surface area contributed by atoms with Crippen LogP contribution in [0, 0.1) is 0 Å². The van der Waals surface area contributed by atoms with Crippen molar-refractivity contribution in [3.63, 3.8) is 0 Å². The molecule has 1 heterocycles. The highest BCUT2D eigenvalue weighted by molar-refractivity contribution is 5.67. The number of ether oxygens (including phenoxy) is 1. The van der Waals surface area contributed by atoms with Crippen LogP contribution in [0.25, 0.3) is 22.6 Å². The molecule has 0 saturated heterocycles. The molecule has 0 radical (unpaired) electrons. The number of aromatic nitrogens is 1. The minimum absolute atomic E-state index is 0.0853. The van der Waals surface area contributed by atoms with E-state index in [9.17, 15) is 4.79 Å². The number of carbonyl (C=O) groups excluding carboxylic acids is 1. The van der Waals surface area contributed by atoms with Gasteiger partial charge in [-0.1, -0.05) is 42.5 Å². The number of benzene rings is 2. The molecule has 1 aromatic heterocycles. The van der Waals surface area contributed by atoms with Crippen molar-refractivity contribution in [1.29, 1.82) is 0 Å². The van der Waals surface area contributed by atoms with Crippen LogP contribution in [-0.4, -0.2) is 11.5 Å². The third-order valence-electron chi connectivity index (χ3n) is 2.89. The topological polar surface area (TPSA) is 52.3 Å². The number of carbonyl (C=O) groups is 1. The Balaban J connectivity index is 1.87. The van der Waals surface area contributed by atoms with Crippen LogP contribution in [0.4, 0.5) is 0 Å². The molecule has 2 aromatic carbocycles. The predicted molar refractivity (Wildman–Crippen MR) is 74.1 cm³/mol. The summed E-state index contributed by atoms with van der Waals surface area (Å²) in [6, 6.07) is 17.9. The van der Waals surface area contributed by atoms with Crippen LogP contribution in [0.15, 0.2) is 65.2 Å². The van der Waals surface area contributed by atoms with Gasteiger partial charge in [0, 0.05) is 5.56 Å². The van der Waals surface area contributed by atoms with Gasteiger partial charge in [-0.15, -0.1) is 0 Å². The third kappa shape index (κ3) is 2.44. The van der Waals surface area contributed by atoms with Crippen molar-refractivity contribution in [2.45, 2.75) is 0 Å². The van der Waals surface area contributed by atoms with Crippen molar-refractivity contribution in [3.8, 4) is 28.5 Å². The van der Waals surface area contributed by atoms with Gasteiger partial charge in [0.15, 0.2) is 0 Å². The highest BCUT2D eigenvalue weighted by Crippen LogP contribution is 2.26. The Kier molecular flexibility index (Phi) is 3.29. The molecular weight excluding hydrogens is 254 g/mol. The minimum Gasteiger partial charge on any atom is -0.405 e. The second-order valence-corrected chi connectivity index (χ2v) is 4.14. The zero-order valence-electron chi connectivity index (χ0n) is 10.5. The first-order chi connectivity index (χ1) is 9.86. The molecule has 4 nitrogen and oxygen atoms in total. The average Bonchev–Trinajstić information content (AvgIpc) is 2.97. The van der Waals surface area contributed by atoms with Crippen LogP contribution in [0.3, 0.4) is 0 Å². The van der Waals surface area contributed by atoms with Crippen molar-refractivity contribution < 1.29 is 13.9 Å². The monoisotopic (exact) mass is 265 g/mol. The van der Waals surface area contributed by atoms with Gasteiger partial charge in [0.1, 0.15) is 6.20 Å². The molecule has 0 bridgehead atoms. The molecule has 0 aliphatic heterocycles. The van der Waals surface area contributed by atoms with Gasteiger partial charge in [-0.2, -0.15) is 0 Å². The second-order valence-electron chi connectivity index (χ2n) is 4.14. The Bertz CT molecular complexity index is 702. The molecule has 0 spiro atoms. The summed E-state index contributed by atoms with van der Waals surface area (Å²) in [5, 5.41) is 0. The van der Waals surface area contributed by atoms with Crippen LogP contribution < -0.4 is 4.74 Å². The lowest BCUT2D eigenvalue weighted by molar-refractivity contribution is -0.121. The number of hydrogen-bond donors (Lipinski definition) is 0. The Hall–Kier alpha value is -2.88. The Labute approximate surface area is 115 Å². The summed E-state index contributed by atoms with van der Waals surface area (Å²) in [4.78, 5) is 14.3. The lowest BCUT2D eigenvalue weighted by Gasteiger charge is -2.02. The molecule has 4 heteroatoms. The van der Waals surface area contributed by atoms with Gasteiger partial charge < -0.3 is 9.15 Å². The van der Waals surface area contributed by atoms with Gasteiger partial charge in [0.25, 0.3) is 0 Å². The zero-order chi connectivity index (χ0) is 13.8. The fourth-order valence-corrected chi connectivity index (χ4v) is 1.93. The summed E-state index contributed by atoms with van der Waals surface area (Å²) in [7, 11) is 0. The third-order valence-corrected chi connectivity index (χ3v) is 2.89. The van der Waals surface area contributed by atoms with E-state index >= 15 is 0 Å². The second kappa shape index (κ2) is 5.40. The van der Waals surface area contributed by atoms with Crippen LogP contribution in [0.2, 0.25) is 0 Å². The Morgan fingerprint density at radius 1 is 0.900 bits per heavy atom. The molecule has 0 atom stereocenters. The van der Waals surface area contributed by atoms with Crippen LogP contribution in [0.5, 0.6) is 5.95 Å². The largest absolute Gasteiger partial charge is 0.405 e. The molecule has 0 amide bonds. The lowest BCUT2D eigenvalue weighted by atomic mass is 10.0. The summed E-state index contributed by atoms with van der Waals surface area (Å²) < 4.78 is 9.88. The van der Waals surface area contributed by atoms with Gasteiger partial charge in [-0.05, 0) is 23.3 Å². The molecule has 3 aromatic rings. The van der Waals surface area contributed by atoms with Crippen LogP contribution >= 0.6 is 0 Å². The van der Waals surface area contributed by atoms with E-state index in [1.54, 1.807) is 0 Å². The molecule has 98 valence electrons. The first-order valence-corrected chi connectivity index (χ1v) is 6.09. The lowest BCUT2D eigenvalue weighted by Crippen LogP contribution is -1.84. The molecule has 0 N–H and O–H groups in total. The minimum atomic E-state index is 0.0853. The van der Waals surface area contributed by atoms with E-state index in [0.29, 0.717) is 12.4 Å². The highest BCUT2D eigenvalue weighted by atomic mass is 16.6. The highest BCUT2D eigenvalue weighted by Gasteiger charge is 2.07. The molecule has 0 saturated carbocycles. The Morgan fingerprint density at radius 3 is 2.25 bits per heavy atom. The maximum Gasteiger partial charge on any atom is 0.313 e. The number of oxazole rings is 1. The molecule has 20 heavy (non-hydrogen) atoms. The fraction of sp³-hybridized carbons (Fsp3) is 0. The summed E-state index contributed by atoms with van der Waals surface area (Å²) in [6.07, 6.45) is 1.37. The van der Waals surface area contributed by atoms with Gasteiger partial charge in [-0.25, -0.2) is 4.98 Å². The quantitative estimate of drug-likeness (QED) is 0.677.